The third kappa shape index (κ3) is 3.76. The van der Waals surface area contributed by atoms with Crippen molar-refractivity contribution in [3.05, 3.63) is 40.1 Å². The van der Waals surface area contributed by atoms with Gasteiger partial charge in [0.05, 0.1) is 33.9 Å². The molecule has 1 aromatic carbocycles. The van der Waals surface area contributed by atoms with E-state index < -0.39 is 5.41 Å². The Bertz CT molecular complexity index is 715. The Morgan fingerprint density at radius 2 is 1.46 bits per heavy atom. The standard InChI is InChI=1S/C15H11Br2Cl5O2/c1-14(2)5-15(14,3-7(16)17)13(23)24-4-6-8(18)10(20)12(22)11(21)9(6)19/h3H,4-5H2,1-2H3. The summed E-state index contributed by atoms with van der Waals surface area (Å²) in [6.45, 7) is 3.83. The molecule has 9 heteroatoms. The fourth-order valence-electron chi connectivity index (χ4n) is 2.54. The summed E-state index contributed by atoms with van der Waals surface area (Å²) in [5.74, 6) is -0.377. The molecule has 0 spiro atoms. The molecular formula is C15H11Br2Cl5O2. The summed E-state index contributed by atoms with van der Waals surface area (Å²) in [6, 6.07) is 0. The van der Waals surface area contributed by atoms with Gasteiger partial charge in [0.2, 0.25) is 0 Å². The first-order chi connectivity index (χ1) is 10.9. The number of hydrogen-bond acceptors (Lipinski definition) is 2. The largest absolute Gasteiger partial charge is 0.460 e. The predicted octanol–water partition coefficient (Wildman–Crippen LogP) is 8.04. The van der Waals surface area contributed by atoms with Crippen molar-refractivity contribution >= 4 is 95.8 Å². The van der Waals surface area contributed by atoms with Crippen molar-refractivity contribution in [1.29, 1.82) is 0 Å². The smallest absolute Gasteiger partial charge is 0.316 e. The molecule has 0 radical (unpaired) electrons. The molecule has 1 fully saturated rings. The van der Waals surface area contributed by atoms with Gasteiger partial charge in [-0.05, 0) is 49.8 Å². The van der Waals surface area contributed by atoms with E-state index in [1.807, 2.05) is 13.8 Å². The molecule has 1 atom stereocenters. The van der Waals surface area contributed by atoms with Crippen molar-refractivity contribution in [2.45, 2.75) is 26.9 Å². The topological polar surface area (TPSA) is 26.3 Å². The van der Waals surface area contributed by atoms with Gasteiger partial charge in [-0.25, -0.2) is 0 Å². The number of carbonyl (C=O) groups excluding carboxylic acids is 1. The average Bonchev–Trinajstić information content (AvgIpc) is 3.04. The first-order valence-corrected chi connectivity index (χ1v) is 10.1. The van der Waals surface area contributed by atoms with Crippen molar-refractivity contribution in [2.75, 3.05) is 0 Å². The minimum Gasteiger partial charge on any atom is -0.460 e. The van der Waals surface area contributed by atoms with Crippen LogP contribution in [0.5, 0.6) is 0 Å². The van der Waals surface area contributed by atoms with Gasteiger partial charge in [-0.1, -0.05) is 71.9 Å². The Morgan fingerprint density at radius 1 is 1.04 bits per heavy atom. The Balaban J connectivity index is 2.27. The van der Waals surface area contributed by atoms with E-state index >= 15 is 0 Å². The highest BCUT2D eigenvalue weighted by molar-refractivity contribution is 9.28. The molecule has 2 nitrogen and oxygen atoms in total. The molecule has 1 aliphatic rings. The van der Waals surface area contributed by atoms with Crippen molar-refractivity contribution in [1.82, 2.24) is 0 Å². The Labute approximate surface area is 182 Å². The van der Waals surface area contributed by atoms with Crippen LogP contribution in [0.3, 0.4) is 0 Å². The van der Waals surface area contributed by atoms with Crippen molar-refractivity contribution in [2.24, 2.45) is 10.8 Å². The van der Waals surface area contributed by atoms with Crippen molar-refractivity contribution in [3.63, 3.8) is 0 Å². The maximum atomic E-state index is 12.6. The zero-order valence-electron chi connectivity index (χ0n) is 12.5. The van der Waals surface area contributed by atoms with Gasteiger partial charge in [0, 0.05) is 5.56 Å². The molecule has 0 aromatic heterocycles. The highest BCUT2D eigenvalue weighted by Gasteiger charge is 2.66. The fourth-order valence-corrected chi connectivity index (χ4v) is 4.60. The van der Waals surface area contributed by atoms with Gasteiger partial charge in [0.1, 0.15) is 6.61 Å². The molecule has 132 valence electrons. The summed E-state index contributed by atoms with van der Waals surface area (Å²) in [6.07, 6.45) is 2.46. The summed E-state index contributed by atoms with van der Waals surface area (Å²) >= 11 is 36.9. The second-order valence-corrected chi connectivity index (χ2v) is 10.8. The molecule has 1 saturated carbocycles. The maximum absolute atomic E-state index is 12.6. The first-order valence-electron chi connectivity index (χ1n) is 6.66. The van der Waals surface area contributed by atoms with E-state index in [0.717, 1.165) is 0 Å². The molecule has 0 heterocycles. The van der Waals surface area contributed by atoms with Gasteiger partial charge < -0.3 is 4.74 Å². The van der Waals surface area contributed by atoms with Gasteiger partial charge >= 0.3 is 5.97 Å². The lowest BCUT2D eigenvalue weighted by molar-refractivity contribution is -0.150. The lowest BCUT2D eigenvalue weighted by Crippen LogP contribution is -2.22. The van der Waals surface area contributed by atoms with Crippen molar-refractivity contribution in [3.8, 4) is 0 Å². The quantitative estimate of drug-likeness (QED) is 0.212. The molecule has 0 aliphatic heterocycles. The fraction of sp³-hybridized carbons (Fsp3) is 0.400. The van der Waals surface area contributed by atoms with Gasteiger partial charge in [0.15, 0.2) is 0 Å². The highest BCUT2D eigenvalue weighted by atomic mass is 79.9. The van der Waals surface area contributed by atoms with Crippen LogP contribution in [0.25, 0.3) is 0 Å². The van der Waals surface area contributed by atoms with E-state index in [1.165, 1.54) is 0 Å². The van der Waals surface area contributed by atoms with Crippen LogP contribution >= 0.6 is 89.9 Å². The molecule has 1 aromatic rings. The van der Waals surface area contributed by atoms with Crippen molar-refractivity contribution < 1.29 is 9.53 Å². The van der Waals surface area contributed by atoms with E-state index in [9.17, 15) is 4.79 Å². The number of esters is 1. The second-order valence-electron chi connectivity index (χ2n) is 6.09. The van der Waals surface area contributed by atoms with E-state index in [-0.39, 0.29) is 43.1 Å². The third-order valence-corrected chi connectivity index (χ3v) is 6.98. The lowest BCUT2D eigenvalue weighted by Gasteiger charge is -2.17. The molecule has 2 rings (SSSR count). The first kappa shape index (κ1) is 21.1. The number of benzene rings is 1. The number of rotatable bonds is 4. The Kier molecular flexibility index (Phi) is 6.57. The zero-order valence-corrected chi connectivity index (χ0v) is 19.4. The molecule has 0 amide bonds. The molecular weight excluding hydrogens is 549 g/mol. The summed E-state index contributed by atoms with van der Waals surface area (Å²) in [7, 11) is 0. The van der Waals surface area contributed by atoms with Crippen LogP contribution in [0, 0.1) is 10.8 Å². The van der Waals surface area contributed by atoms with Gasteiger partial charge in [0.25, 0.3) is 0 Å². The lowest BCUT2D eigenvalue weighted by atomic mass is 9.96. The van der Waals surface area contributed by atoms with Crippen LogP contribution in [-0.4, -0.2) is 5.97 Å². The van der Waals surface area contributed by atoms with E-state index in [2.05, 4.69) is 31.9 Å². The predicted molar refractivity (Wildman–Crippen MR) is 108 cm³/mol. The number of halogens is 7. The van der Waals surface area contributed by atoms with Gasteiger partial charge in [-0.15, -0.1) is 0 Å². The molecule has 0 bridgehead atoms. The molecule has 1 unspecified atom stereocenters. The van der Waals surface area contributed by atoms with E-state index in [0.29, 0.717) is 15.4 Å². The third-order valence-electron chi connectivity index (χ3n) is 4.17. The van der Waals surface area contributed by atoms with Crippen LogP contribution in [0.1, 0.15) is 25.8 Å². The monoisotopic (exact) mass is 556 g/mol. The number of ether oxygens (including phenoxy) is 1. The Morgan fingerprint density at radius 3 is 1.83 bits per heavy atom. The summed E-state index contributed by atoms with van der Waals surface area (Å²) in [4.78, 5) is 12.6. The molecule has 1 aliphatic carbocycles. The van der Waals surface area contributed by atoms with Gasteiger partial charge in [-0.3, -0.25) is 4.79 Å². The Hall–Kier alpha value is 0.840. The average molecular weight is 560 g/mol. The van der Waals surface area contributed by atoms with E-state index in [1.54, 1.807) is 6.08 Å². The second kappa shape index (κ2) is 7.46. The highest BCUT2D eigenvalue weighted by Crippen LogP contribution is 2.66. The van der Waals surface area contributed by atoms with E-state index in [4.69, 9.17) is 62.7 Å². The SMILES string of the molecule is CC1(C)CC1(C=C(Br)Br)C(=O)OCc1c(Cl)c(Cl)c(Cl)c(Cl)c1Cl. The molecule has 0 N–H and O–H groups in total. The normalized spacial score (nSPS) is 21.4. The van der Waals surface area contributed by atoms with Crippen LogP contribution in [-0.2, 0) is 16.1 Å². The summed E-state index contributed by atoms with van der Waals surface area (Å²) in [5, 5.41) is 0.441. The van der Waals surface area contributed by atoms with Crippen LogP contribution < -0.4 is 0 Å². The number of carbonyl (C=O) groups is 1. The minimum atomic E-state index is -0.714. The molecule has 0 saturated heterocycles. The maximum Gasteiger partial charge on any atom is 0.316 e. The van der Waals surface area contributed by atoms with Crippen LogP contribution in [0.15, 0.2) is 9.47 Å². The zero-order chi connectivity index (χ0) is 18.4. The molecule has 24 heavy (non-hydrogen) atoms. The van der Waals surface area contributed by atoms with Crippen LogP contribution in [0.2, 0.25) is 25.1 Å². The summed E-state index contributed by atoms with van der Waals surface area (Å²) < 4.78 is 6.14. The number of hydrogen-bond donors (Lipinski definition) is 0. The van der Waals surface area contributed by atoms with Crippen LogP contribution in [0.4, 0.5) is 0 Å². The van der Waals surface area contributed by atoms with Gasteiger partial charge in [-0.2, -0.15) is 0 Å². The summed E-state index contributed by atoms with van der Waals surface area (Å²) in [5.41, 5.74) is -0.602. The minimum absolute atomic E-state index is 0.0642.